The Labute approximate surface area is 60.9 Å². The number of rotatable bonds is 5. The number of hydrogen-bond acceptors (Lipinski definition) is 3. The molecule has 0 aliphatic carbocycles. The molecule has 0 aromatic heterocycles. The molecule has 1 unspecified atom stereocenters. The third-order valence-electron chi connectivity index (χ3n) is 0.928. The number of ether oxygens (including phenoxy) is 1. The molecule has 0 saturated carbocycles. The Morgan fingerprint density at radius 3 is 2.80 bits per heavy atom. The molecule has 0 aromatic rings. The van der Waals surface area contributed by atoms with Crippen LogP contribution in [0.15, 0.2) is 12.3 Å². The molecule has 0 heterocycles. The van der Waals surface area contributed by atoms with E-state index in [9.17, 15) is 0 Å². The maximum absolute atomic E-state index is 8.75. The summed E-state index contributed by atoms with van der Waals surface area (Å²) in [5, 5.41) is 17.1. The topological polar surface area (TPSA) is 49.7 Å². The zero-order valence-corrected chi connectivity index (χ0v) is 6.16. The molecule has 0 aliphatic heterocycles. The van der Waals surface area contributed by atoms with Crippen molar-refractivity contribution in [2.75, 3.05) is 13.2 Å². The van der Waals surface area contributed by atoms with Gasteiger partial charge in [-0.1, -0.05) is 13.0 Å². The van der Waals surface area contributed by atoms with Gasteiger partial charge >= 0.3 is 0 Å². The summed E-state index contributed by atoms with van der Waals surface area (Å²) in [7, 11) is 0. The number of hydrogen-bond donors (Lipinski definition) is 2. The van der Waals surface area contributed by atoms with Crippen molar-refractivity contribution in [1.82, 2.24) is 0 Å². The first kappa shape index (κ1) is 9.46. The van der Waals surface area contributed by atoms with Crippen LogP contribution in [-0.2, 0) is 4.74 Å². The van der Waals surface area contributed by atoms with Crippen LogP contribution < -0.4 is 0 Å². The van der Waals surface area contributed by atoms with E-state index in [1.165, 1.54) is 6.26 Å². The standard InChI is InChI=1S/C7H14O3/c1-2-3-4-10-6-7(9)5-8/h3-4,7-9H,2,5-6H2,1H3/b4-3-. The van der Waals surface area contributed by atoms with E-state index in [1.807, 2.05) is 13.0 Å². The molecule has 0 rings (SSSR count). The average Bonchev–Trinajstić information content (AvgIpc) is 1.98. The second kappa shape index (κ2) is 6.58. The van der Waals surface area contributed by atoms with Crippen molar-refractivity contribution in [1.29, 1.82) is 0 Å². The van der Waals surface area contributed by atoms with Gasteiger partial charge in [-0.3, -0.25) is 0 Å². The van der Waals surface area contributed by atoms with Crippen LogP contribution in [0.5, 0.6) is 0 Å². The zero-order valence-electron chi connectivity index (χ0n) is 6.16. The molecule has 0 amide bonds. The fourth-order valence-electron chi connectivity index (χ4n) is 0.384. The van der Waals surface area contributed by atoms with Gasteiger partial charge in [-0.05, 0) is 6.42 Å². The number of aliphatic hydroxyl groups is 2. The maximum Gasteiger partial charge on any atom is 0.115 e. The molecule has 0 saturated heterocycles. The quantitative estimate of drug-likeness (QED) is 0.548. The summed E-state index contributed by atoms with van der Waals surface area (Å²) >= 11 is 0. The van der Waals surface area contributed by atoms with Crippen molar-refractivity contribution in [3.05, 3.63) is 12.3 Å². The molecule has 0 radical (unpaired) electrons. The Kier molecular flexibility index (Phi) is 6.22. The summed E-state index contributed by atoms with van der Waals surface area (Å²) in [6, 6.07) is 0. The molecule has 0 bridgehead atoms. The van der Waals surface area contributed by atoms with Gasteiger partial charge in [0.1, 0.15) is 12.7 Å². The summed E-state index contributed by atoms with van der Waals surface area (Å²) in [4.78, 5) is 0. The predicted octanol–water partition coefficient (Wildman–Crippen LogP) is 0.280. The minimum atomic E-state index is -0.762. The molecular weight excluding hydrogens is 132 g/mol. The molecule has 0 aliphatic rings. The lowest BCUT2D eigenvalue weighted by molar-refractivity contribution is 0.0383. The summed E-state index contributed by atoms with van der Waals surface area (Å²) in [5.74, 6) is 0. The Balaban J connectivity index is 3.10. The van der Waals surface area contributed by atoms with E-state index < -0.39 is 6.10 Å². The van der Waals surface area contributed by atoms with Gasteiger partial charge in [-0.2, -0.15) is 0 Å². The molecule has 0 aromatic carbocycles. The smallest absolute Gasteiger partial charge is 0.115 e. The highest BCUT2D eigenvalue weighted by atomic mass is 16.5. The number of allylic oxidation sites excluding steroid dienone is 1. The molecule has 60 valence electrons. The van der Waals surface area contributed by atoms with E-state index in [0.29, 0.717) is 0 Å². The third kappa shape index (κ3) is 5.59. The van der Waals surface area contributed by atoms with Crippen molar-refractivity contribution in [2.45, 2.75) is 19.4 Å². The highest BCUT2D eigenvalue weighted by Gasteiger charge is 1.98. The molecule has 10 heavy (non-hydrogen) atoms. The largest absolute Gasteiger partial charge is 0.499 e. The van der Waals surface area contributed by atoms with Crippen LogP contribution in [-0.4, -0.2) is 29.5 Å². The van der Waals surface area contributed by atoms with Crippen LogP contribution in [0.25, 0.3) is 0 Å². The van der Waals surface area contributed by atoms with Crippen LogP contribution >= 0.6 is 0 Å². The predicted molar refractivity (Wildman–Crippen MR) is 38.5 cm³/mol. The molecule has 2 N–H and O–H groups in total. The lowest BCUT2D eigenvalue weighted by Crippen LogP contribution is -2.17. The maximum atomic E-state index is 8.75. The van der Waals surface area contributed by atoms with E-state index in [1.54, 1.807) is 0 Å². The second-order valence-electron chi connectivity index (χ2n) is 1.95. The first-order valence-electron chi connectivity index (χ1n) is 3.36. The number of aliphatic hydroxyl groups excluding tert-OH is 2. The summed E-state index contributed by atoms with van der Waals surface area (Å²) in [6.07, 6.45) is 3.51. The Bertz CT molecular complexity index is 90.9. The SMILES string of the molecule is CC/C=C\OCC(O)CO. The Morgan fingerprint density at radius 2 is 2.30 bits per heavy atom. The minimum Gasteiger partial charge on any atom is -0.499 e. The normalized spacial score (nSPS) is 13.9. The molecular formula is C7H14O3. The van der Waals surface area contributed by atoms with Gasteiger partial charge in [0.25, 0.3) is 0 Å². The molecule has 3 nitrogen and oxygen atoms in total. The monoisotopic (exact) mass is 146 g/mol. The van der Waals surface area contributed by atoms with E-state index >= 15 is 0 Å². The molecule has 0 spiro atoms. The van der Waals surface area contributed by atoms with Crippen molar-refractivity contribution >= 4 is 0 Å². The van der Waals surface area contributed by atoms with Gasteiger partial charge in [0.15, 0.2) is 0 Å². The van der Waals surface area contributed by atoms with Gasteiger partial charge in [-0.15, -0.1) is 0 Å². The van der Waals surface area contributed by atoms with Gasteiger partial charge < -0.3 is 14.9 Å². The van der Waals surface area contributed by atoms with Crippen molar-refractivity contribution in [3.8, 4) is 0 Å². The van der Waals surface area contributed by atoms with Crippen LogP contribution in [0.3, 0.4) is 0 Å². The van der Waals surface area contributed by atoms with Crippen molar-refractivity contribution in [2.24, 2.45) is 0 Å². The highest BCUT2D eigenvalue weighted by Crippen LogP contribution is 1.86. The van der Waals surface area contributed by atoms with Gasteiger partial charge in [-0.25, -0.2) is 0 Å². The van der Waals surface area contributed by atoms with Crippen molar-refractivity contribution < 1.29 is 14.9 Å². The van der Waals surface area contributed by atoms with Gasteiger partial charge in [0.05, 0.1) is 12.9 Å². The Morgan fingerprint density at radius 1 is 1.60 bits per heavy atom. The third-order valence-corrected chi connectivity index (χ3v) is 0.928. The van der Waals surface area contributed by atoms with Gasteiger partial charge in [0, 0.05) is 0 Å². The minimum absolute atomic E-state index is 0.160. The lowest BCUT2D eigenvalue weighted by Gasteiger charge is -2.04. The van der Waals surface area contributed by atoms with E-state index in [4.69, 9.17) is 14.9 Å². The van der Waals surface area contributed by atoms with E-state index in [2.05, 4.69) is 0 Å². The van der Waals surface area contributed by atoms with E-state index in [0.717, 1.165) is 6.42 Å². The molecule has 3 heteroatoms. The fourth-order valence-corrected chi connectivity index (χ4v) is 0.384. The molecule has 0 fully saturated rings. The summed E-state index contributed by atoms with van der Waals surface area (Å²) in [5.41, 5.74) is 0. The van der Waals surface area contributed by atoms with Crippen LogP contribution in [0.1, 0.15) is 13.3 Å². The van der Waals surface area contributed by atoms with Crippen LogP contribution in [0.4, 0.5) is 0 Å². The molecule has 1 atom stereocenters. The average molecular weight is 146 g/mol. The van der Waals surface area contributed by atoms with E-state index in [-0.39, 0.29) is 13.2 Å². The first-order chi connectivity index (χ1) is 4.81. The first-order valence-corrected chi connectivity index (χ1v) is 3.36. The van der Waals surface area contributed by atoms with Crippen molar-refractivity contribution in [3.63, 3.8) is 0 Å². The zero-order chi connectivity index (χ0) is 7.82. The highest BCUT2D eigenvalue weighted by molar-refractivity contribution is 4.70. The summed E-state index contributed by atoms with van der Waals surface area (Å²) < 4.78 is 4.84. The lowest BCUT2D eigenvalue weighted by atomic mass is 10.4. The Hall–Kier alpha value is -0.540. The van der Waals surface area contributed by atoms with Gasteiger partial charge in [0.2, 0.25) is 0 Å². The van der Waals surface area contributed by atoms with Crippen LogP contribution in [0, 0.1) is 0 Å². The second-order valence-corrected chi connectivity index (χ2v) is 1.95. The van der Waals surface area contributed by atoms with Crippen LogP contribution in [0.2, 0.25) is 0 Å². The summed E-state index contributed by atoms with van der Waals surface area (Å²) in [6.45, 7) is 1.90. The fraction of sp³-hybridized carbons (Fsp3) is 0.714.